The number of hydrogen-bond donors (Lipinski definition) is 1. The first kappa shape index (κ1) is 12.8. The Bertz CT molecular complexity index is 420. The number of nitrogens with zero attached hydrogens (tertiary/aromatic N) is 2. The molecule has 18 heavy (non-hydrogen) atoms. The fourth-order valence-corrected chi connectivity index (χ4v) is 2.37. The number of carboxylic acids is 1. The van der Waals surface area contributed by atoms with E-state index >= 15 is 0 Å². The first-order valence-corrected chi connectivity index (χ1v) is 6.18. The molecular weight excluding hydrogens is 232 g/mol. The van der Waals surface area contributed by atoms with E-state index in [2.05, 4.69) is 9.88 Å². The van der Waals surface area contributed by atoms with E-state index in [-0.39, 0.29) is 5.69 Å². The van der Waals surface area contributed by atoms with Crippen molar-refractivity contribution in [3.63, 3.8) is 0 Å². The minimum atomic E-state index is -0.989. The van der Waals surface area contributed by atoms with Crippen LogP contribution in [0.2, 0.25) is 0 Å². The Kier molecular flexibility index (Phi) is 4.15. The molecule has 1 atom stereocenters. The minimum Gasteiger partial charge on any atom is -0.477 e. The summed E-state index contributed by atoms with van der Waals surface area (Å²) in [7, 11) is 1.69. The van der Waals surface area contributed by atoms with Gasteiger partial charge in [0.25, 0.3) is 0 Å². The molecule has 1 aliphatic heterocycles. The van der Waals surface area contributed by atoms with Crippen LogP contribution in [0.3, 0.4) is 0 Å². The molecule has 1 fully saturated rings. The lowest BCUT2D eigenvalue weighted by Gasteiger charge is -2.36. The highest BCUT2D eigenvalue weighted by atomic mass is 16.5. The van der Waals surface area contributed by atoms with E-state index in [1.54, 1.807) is 13.2 Å². The zero-order chi connectivity index (χ0) is 13.0. The van der Waals surface area contributed by atoms with Gasteiger partial charge in [-0.25, -0.2) is 9.78 Å². The van der Waals surface area contributed by atoms with Crippen LogP contribution >= 0.6 is 0 Å². The summed E-state index contributed by atoms with van der Waals surface area (Å²) in [5.74, 6) is -0.256. The van der Waals surface area contributed by atoms with Crippen molar-refractivity contribution in [2.75, 3.05) is 25.2 Å². The number of aromatic carboxylic acids is 1. The summed E-state index contributed by atoms with van der Waals surface area (Å²) in [6.07, 6.45) is 3.36. The van der Waals surface area contributed by atoms with Crippen molar-refractivity contribution in [1.82, 2.24) is 4.98 Å². The molecule has 0 amide bonds. The van der Waals surface area contributed by atoms with Gasteiger partial charge in [0.1, 0.15) is 5.82 Å². The minimum absolute atomic E-state index is 0.0919. The van der Waals surface area contributed by atoms with Crippen LogP contribution in [0.4, 0.5) is 5.82 Å². The van der Waals surface area contributed by atoms with Crippen LogP contribution in [0.1, 0.15) is 29.8 Å². The first-order chi connectivity index (χ1) is 8.72. The summed E-state index contributed by atoms with van der Waals surface area (Å²) in [5.41, 5.74) is 0.0919. The number of ether oxygens (including phenoxy) is 1. The lowest BCUT2D eigenvalue weighted by molar-refractivity contribution is 0.0690. The molecule has 1 saturated heterocycles. The van der Waals surface area contributed by atoms with E-state index in [9.17, 15) is 4.79 Å². The molecule has 5 heteroatoms. The van der Waals surface area contributed by atoms with E-state index in [4.69, 9.17) is 9.84 Å². The van der Waals surface area contributed by atoms with Gasteiger partial charge < -0.3 is 14.7 Å². The smallest absolute Gasteiger partial charge is 0.354 e. The molecule has 0 aromatic carbocycles. The monoisotopic (exact) mass is 250 g/mol. The third-order valence-electron chi connectivity index (χ3n) is 3.23. The van der Waals surface area contributed by atoms with Gasteiger partial charge in [0.2, 0.25) is 0 Å². The summed E-state index contributed by atoms with van der Waals surface area (Å²) in [6.45, 7) is 1.56. The molecule has 1 aromatic heterocycles. The summed E-state index contributed by atoms with van der Waals surface area (Å²) >= 11 is 0. The van der Waals surface area contributed by atoms with E-state index < -0.39 is 5.97 Å². The molecular formula is C13H18N2O3. The lowest BCUT2D eigenvalue weighted by Crippen LogP contribution is -2.43. The van der Waals surface area contributed by atoms with Crippen LogP contribution in [0, 0.1) is 0 Å². The molecule has 0 spiro atoms. The van der Waals surface area contributed by atoms with Gasteiger partial charge in [-0.05, 0) is 31.4 Å². The molecule has 1 unspecified atom stereocenters. The number of methoxy groups -OCH3 is 1. The number of aromatic nitrogens is 1. The number of pyridine rings is 1. The summed E-state index contributed by atoms with van der Waals surface area (Å²) < 4.78 is 5.22. The second-order valence-electron chi connectivity index (χ2n) is 4.48. The Morgan fingerprint density at radius 1 is 1.56 bits per heavy atom. The second-order valence-corrected chi connectivity index (χ2v) is 4.48. The predicted octanol–water partition coefficient (Wildman–Crippen LogP) is 1.79. The first-order valence-electron chi connectivity index (χ1n) is 6.18. The summed E-state index contributed by atoms with van der Waals surface area (Å²) in [4.78, 5) is 17.3. The molecule has 0 saturated carbocycles. The number of anilines is 1. The zero-order valence-corrected chi connectivity index (χ0v) is 10.5. The maximum Gasteiger partial charge on any atom is 0.354 e. The van der Waals surface area contributed by atoms with E-state index in [1.807, 2.05) is 6.07 Å². The lowest BCUT2D eigenvalue weighted by atomic mass is 10.0. The number of carbonyl (C=O) groups is 1. The van der Waals surface area contributed by atoms with Crippen molar-refractivity contribution < 1.29 is 14.6 Å². The van der Waals surface area contributed by atoms with Gasteiger partial charge in [-0.2, -0.15) is 0 Å². The fraction of sp³-hybridized carbons (Fsp3) is 0.538. The number of hydrogen-bond acceptors (Lipinski definition) is 4. The number of carboxylic acid groups (broad SMARTS) is 1. The number of rotatable bonds is 4. The van der Waals surface area contributed by atoms with Crippen LogP contribution in [0.25, 0.3) is 0 Å². The van der Waals surface area contributed by atoms with Crippen LogP contribution < -0.4 is 4.90 Å². The van der Waals surface area contributed by atoms with Crippen molar-refractivity contribution in [2.45, 2.75) is 25.3 Å². The van der Waals surface area contributed by atoms with Gasteiger partial charge >= 0.3 is 5.97 Å². The Morgan fingerprint density at radius 2 is 2.39 bits per heavy atom. The van der Waals surface area contributed by atoms with Crippen LogP contribution in [-0.2, 0) is 4.74 Å². The summed E-state index contributed by atoms with van der Waals surface area (Å²) in [5, 5.41) is 8.97. The third kappa shape index (κ3) is 2.79. The van der Waals surface area contributed by atoms with Crippen LogP contribution in [-0.4, -0.2) is 42.4 Å². The quantitative estimate of drug-likeness (QED) is 0.882. The highest BCUT2D eigenvalue weighted by Crippen LogP contribution is 2.23. The van der Waals surface area contributed by atoms with Crippen molar-refractivity contribution in [1.29, 1.82) is 0 Å². The van der Waals surface area contributed by atoms with Crippen molar-refractivity contribution in [3.05, 3.63) is 23.9 Å². The van der Waals surface area contributed by atoms with Crippen molar-refractivity contribution >= 4 is 11.8 Å². The average Bonchev–Trinajstić information content (AvgIpc) is 2.40. The van der Waals surface area contributed by atoms with E-state index in [1.165, 1.54) is 12.5 Å². The molecule has 0 bridgehead atoms. The van der Waals surface area contributed by atoms with Gasteiger partial charge in [-0.1, -0.05) is 6.07 Å². The molecule has 98 valence electrons. The average molecular weight is 250 g/mol. The second kappa shape index (κ2) is 5.82. The molecule has 1 N–H and O–H groups in total. The third-order valence-corrected chi connectivity index (χ3v) is 3.23. The fourth-order valence-electron chi connectivity index (χ4n) is 2.37. The largest absolute Gasteiger partial charge is 0.477 e. The van der Waals surface area contributed by atoms with Gasteiger partial charge in [0, 0.05) is 13.7 Å². The molecule has 1 aliphatic rings. The topological polar surface area (TPSA) is 62.7 Å². The van der Waals surface area contributed by atoms with Gasteiger partial charge in [-0.15, -0.1) is 0 Å². The van der Waals surface area contributed by atoms with Crippen LogP contribution in [0.5, 0.6) is 0 Å². The van der Waals surface area contributed by atoms with Gasteiger partial charge in [0.15, 0.2) is 5.69 Å². The maximum absolute atomic E-state index is 10.9. The molecule has 1 aromatic rings. The summed E-state index contributed by atoms with van der Waals surface area (Å²) in [6, 6.07) is 5.41. The Labute approximate surface area is 106 Å². The van der Waals surface area contributed by atoms with Crippen molar-refractivity contribution in [3.8, 4) is 0 Å². The molecule has 0 radical (unpaired) electrons. The SMILES string of the molecule is COCC1CCCCN1c1cccc(C(=O)O)n1. The molecule has 2 rings (SSSR count). The predicted molar refractivity (Wildman–Crippen MR) is 68.1 cm³/mol. The normalized spacial score (nSPS) is 19.8. The Hall–Kier alpha value is -1.62. The zero-order valence-electron chi connectivity index (χ0n) is 10.5. The van der Waals surface area contributed by atoms with Crippen molar-refractivity contribution in [2.24, 2.45) is 0 Å². The maximum atomic E-state index is 10.9. The highest BCUT2D eigenvalue weighted by Gasteiger charge is 2.23. The molecule has 0 aliphatic carbocycles. The van der Waals surface area contributed by atoms with E-state index in [0.717, 1.165) is 25.2 Å². The standard InChI is InChI=1S/C13H18N2O3/c1-18-9-10-5-2-3-8-15(10)12-7-4-6-11(14-12)13(16)17/h4,6-7,10H,2-3,5,8-9H2,1H3,(H,16,17). The Balaban J connectivity index is 2.22. The van der Waals surface area contributed by atoms with Gasteiger partial charge in [-0.3, -0.25) is 0 Å². The number of piperidine rings is 1. The Morgan fingerprint density at radius 3 is 3.11 bits per heavy atom. The molecule has 2 heterocycles. The highest BCUT2D eigenvalue weighted by molar-refractivity contribution is 5.85. The van der Waals surface area contributed by atoms with Gasteiger partial charge in [0.05, 0.1) is 12.6 Å². The molecule has 5 nitrogen and oxygen atoms in total. The van der Waals surface area contributed by atoms with E-state index in [0.29, 0.717) is 12.6 Å². The van der Waals surface area contributed by atoms with Crippen LogP contribution in [0.15, 0.2) is 18.2 Å².